The van der Waals surface area contributed by atoms with E-state index in [1.807, 2.05) is 26.0 Å². The van der Waals surface area contributed by atoms with Gasteiger partial charge in [0.2, 0.25) is 6.29 Å². The van der Waals surface area contributed by atoms with Crippen LogP contribution in [0.4, 0.5) is 0 Å². The van der Waals surface area contributed by atoms with Crippen LogP contribution in [-0.4, -0.2) is 18.4 Å². The normalized spacial score (nSPS) is 21.7. The van der Waals surface area contributed by atoms with Crippen LogP contribution in [0.25, 0.3) is 0 Å². The number of hydrogen-bond acceptors (Lipinski definition) is 3. The first-order valence-electron chi connectivity index (χ1n) is 9.06. The summed E-state index contributed by atoms with van der Waals surface area (Å²) in [7, 11) is 0. The summed E-state index contributed by atoms with van der Waals surface area (Å²) in [6.45, 7) is 14.8. The summed E-state index contributed by atoms with van der Waals surface area (Å²) < 4.78 is 11.5. The molecule has 0 heterocycles. The van der Waals surface area contributed by atoms with Crippen LogP contribution in [0.5, 0.6) is 0 Å². The van der Waals surface area contributed by atoms with Crippen LogP contribution in [0.3, 0.4) is 0 Å². The first kappa shape index (κ1) is 19.0. The second-order valence-corrected chi connectivity index (χ2v) is 8.67. The first-order valence-corrected chi connectivity index (χ1v) is 9.06. The van der Waals surface area contributed by atoms with Gasteiger partial charge >= 0.3 is 5.97 Å². The molecule has 0 radical (unpaired) electrons. The molecule has 1 aliphatic carbocycles. The zero-order valence-corrected chi connectivity index (χ0v) is 16.2. The van der Waals surface area contributed by atoms with Gasteiger partial charge in [-0.05, 0) is 60.8 Å². The minimum atomic E-state index is -0.511. The molecule has 2 rings (SSSR count). The van der Waals surface area contributed by atoms with Gasteiger partial charge in [0.25, 0.3) is 0 Å². The van der Waals surface area contributed by atoms with Gasteiger partial charge in [-0.25, -0.2) is 4.79 Å². The number of carbonyl (C=O) groups is 1. The molecule has 0 aromatic heterocycles. The average Bonchev–Trinajstić information content (AvgIpc) is 2.70. The Labute approximate surface area is 146 Å². The number of fused-ring (bicyclic) bond motifs is 1. The van der Waals surface area contributed by atoms with Crippen molar-refractivity contribution in [1.29, 1.82) is 0 Å². The van der Waals surface area contributed by atoms with E-state index in [1.54, 1.807) is 0 Å². The average molecular weight is 332 g/mol. The second kappa shape index (κ2) is 7.26. The highest BCUT2D eigenvalue weighted by Gasteiger charge is 2.28. The molecule has 0 fully saturated rings. The van der Waals surface area contributed by atoms with Crippen molar-refractivity contribution in [1.82, 2.24) is 0 Å². The van der Waals surface area contributed by atoms with E-state index in [2.05, 4.69) is 40.7 Å². The van der Waals surface area contributed by atoms with Gasteiger partial charge in [0.1, 0.15) is 0 Å². The zero-order valence-electron chi connectivity index (χ0n) is 16.2. The highest BCUT2D eigenvalue weighted by atomic mass is 16.7. The Morgan fingerprint density at radius 3 is 2.50 bits per heavy atom. The van der Waals surface area contributed by atoms with Gasteiger partial charge in [-0.2, -0.15) is 0 Å². The van der Waals surface area contributed by atoms with E-state index < -0.39 is 6.29 Å². The number of benzene rings is 1. The lowest BCUT2D eigenvalue weighted by Crippen LogP contribution is -2.29. The molecule has 0 bridgehead atoms. The molecule has 0 saturated heterocycles. The van der Waals surface area contributed by atoms with E-state index >= 15 is 0 Å². The monoisotopic (exact) mass is 332 g/mol. The third kappa shape index (κ3) is 4.83. The number of carbonyl (C=O) groups excluding carboxylic acids is 1. The van der Waals surface area contributed by atoms with Crippen LogP contribution >= 0.6 is 0 Å². The smallest absolute Gasteiger partial charge is 0.340 e. The highest BCUT2D eigenvalue weighted by Crippen LogP contribution is 2.37. The summed E-state index contributed by atoms with van der Waals surface area (Å²) >= 11 is 0. The molecule has 134 valence electrons. The summed E-state index contributed by atoms with van der Waals surface area (Å²) in [4.78, 5) is 12.6. The molecular weight excluding hydrogens is 300 g/mol. The maximum atomic E-state index is 12.6. The highest BCUT2D eigenvalue weighted by molar-refractivity contribution is 5.89. The van der Waals surface area contributed by atoms with E-state index in [1.165, 1.54) is 11.1 Å². The third-order valence-corrected chi connectivity index (χ3v) is 4.71. The van der Waals surface area contributed by atoms with Crippen LogP contribution < -0.4 is 0 Å². The molecule has 24 heavy (non-hydrogen) atoms. The van der Waals surface area contributed by atoms with Gasteiger partial charge in [-0.3, -0.25) is 0 Å². The number of rotatable bonds is 5. The van der Waals surface area contributed by atoms with Crippen LogP contribution in [-0.2, 0) is 15.9 Å². The maximum absolute atomic E-state index is 12.6. The quantitative estimate of drug-likeness (QED) is 0.540. The fourth-order valence-electron chi connectivity index (χ4n) is 3.29. The van der Waals surface area contributed by atoms with Gasteiger partial charge < -0.3 is 9.47 Å². The van der Waals surface area contributed by atoms with Crippen LogP contribution in [0.15, 0.2) is 18.2 Å². The van der Waals surface area contributed by atoms with E-state index in [0.717, 1.165) is 6.42 Å². The zero-order chi connectivity index (χ0) is 18.1. The summed E-state index contributed by atoms with van der Waals surface area (Å²) in [6, 6.07) is 5.97. The van der Waals surface area contributed by atoms with Crippen LogP contribution in [0, 0.1) is 11.3 Å². The molecule has 1 aromatic rings. The fourth-order valence-corrected chi connectivity index (χ4v) is 3.29. The standard InChI is InChI=1S/C21H32O3/c1-13(2)23-19(12-21(5,6)7)24-20(22)16-8-9-18-15(4)14(3)10-17(18)11-16/h8-9,11,13-15,19H,10,12H2,1-7H3. The Balaban J connectivity index is 2.11. The van der Waals surface area contributed by atoms with Crippen LogP contribution in [0.1, 0.15) is 82.3 Å². The van der Waals surface area contributed by atoms with Crippen molar-refractivity contribution < 1.29 is 14.3 Å². The lowest BCUT2D eigenvalue weighted by atomic mass is 9.92. The third-order valence-electron chi connectivity index (χ3n) is 4.71. The molecule has 3 nitrogen and oxygen atoms in total. The molecule has 1 aliphatic rings. The Morgan fingerprint density at radius 1 is 1.25 bits per heavy atom. The largest absolute Gasteiger partial charge is 0.432 e. The van der Waals surface area contributed by atoms with Gasteiger partial charge in [-0.1, -0.05) is 40.7 Å². The Bertz CT molecular complexity index is 583. The van der Waals surface area contributed by atoms with Gasteiger partial charge in [0, 0.05) is 6.42 Å². The van der Waals surface area contributed by atoms with Crippen molar-refractivity contribution in [3.8, 4) is 0 Å². The van der Waals surface area contributed by atoms with Gasteiger partial charge in [0.15, 0.2) is 0 Å². The fraction of sp³-hybridized carbons (Fsp3) is 0.667. The topological polar surface area (TPSA) is 35.5 Å². The lowest BCUT2D eigenvalue weighted by Gasteiger charge is -2.27. The van der Waals surface area contributed by atoms with Crippen molar-refractivity contribution >= 4 is 5.97 Å². The van der Waals surface area contributed by atoms with E-state index in [-0.39, 0.29) is 17.5 Å². The number of ether oxygens (including phenoxy) is 2. The van der Waals surface area contributed by atoms with Crippen LogP contribution in [0.2, 0.25) is 0 Å². The maximum Gasteiger partial charge on any atom is 0.340 e. The first-order chi connectivity index (χ1) is 11.1. The predicted molar refractivity (Wildman–Crippen MR) is 97.2 cm³/mol. The Hall–Kier alpha value is -1.35. The molecule has 0 spiro atoms. The summed E-state index contributed by atoms with van der Waals surface area (Å²) in [5, 5.41) is 0. The number of esters is 1. The van der Waals surface area contributed by atoms with Crippen molar-refractivity contribution in [2.45, 2.75) is 79.6 Å². The molecule has 3 atom stereocenters. The molecule has 0 saturated carbocycles. The van der Waals surface area contributed by atoms with Crippen molar-refractivity contribution in [3.05, 3.63) is 34.9 Å². The second-order valence-electron chi connectivity index (χ2n) is 8.67. The molecule has 0 amide bonds. The molecule has 1 aromatic carbocycles. The molecule has 3 unspecified atom stereocenters. The summed E-state index contributed by atoms with van der Waals surface area (Å²) in [6.07, 6.45) is 1.22. The minimum absolute atomic E-state index is 0.0202. The Morgan fingerprint density at radius 2 is 1.92 bits per heavy atom. The van der Waals surface area contributed by atoms with Gasteiger partial charge in [-0.15, -0.1) is 0 Å². The molecule has 0 aliphatic heterocycles. The SMILES string of the molecule is CC(C)OC(CC(C)(C)C)OC(=O)c1ccc2c(c1)CC(C)C2C. The van der Waals surface area contributed by atoms with E-state index in [0.29, 0.717) is 23.8 Å². The van der Waals surface area contributed by atoms with Crippen molar-refractivity contribution in [2.75, 3.05) is 0 Å². The molecule has 0 N–H and O–H groups in total. The predicted octanol–water partition coefficient (Wildman–Crippen LogP) is 5.33. The summed E-state index contributed by atoms with van der Waals surface area (Å²) in [5.41, 5.74) is 3.30. The van der Waals surface area contributed by atoms with Crippen molar-refractivity contribution in [3.63, 3.8) is 0 Å². The minimum Gasteiger partial charge on any atom is -0.432 e. The van der Waals surface area contributed by atoms with E-state index in [9.17, 15) is 4.79 Å². The number of hydrogen-bond donors (Lipinski definition) is 0. The molecule has 3 heteroatoms. The lowest BCUT2D eigenvalue weighted by molar-refractivity contribution is -0.146. The van der Waals surface area contributed by atoms with Gasteiger partial charge in [0.05, 0.1) is 11.7 Å². The summed E-state index contributed by atoms with van der Waals surface area (Å²) in [5.74, 6) is 0.895. The van der Waals surface area contributed by atoms with E-state index in [4.69, 9.17) is 9.47 Å². The Kier molecular flexibility index (Phi) is 5.74. The molecular formula is C21H32O3. The van der Waals surface area contributed by atoms with Crippen molar-refractivity contribution in [2.24, 2.45) is 11.3 Å².